The van der Waals surface area contributed by atoms with Crippen molar-refractivity contribution in [2.24, 2.45) is 5.92 Å². The first kappa shape index (κ1) is 14.6. The van der Waals surface area contributed by atoms with Gasteiger partial charge < -0.3 is 20.3 Å². The lowest BCUT2D eigenvalue weighted by Crippen LogP contribution is -2.46. The smallest absolute Gasteiger partial charge is 0.409 e. The first-order valence-corrected chi connectivity index (χ1v) is 7.65. The number of ether oxygens (including phenoxy) is 1. The predicted octanol–water partition coefficient (Wildman–Crippen LogP) is 1.20. The summed E-state index contributed by atoms with van der Waals surface area (Å²) >= 11 is 0. The Morgan fingerprint density at radius 2 is 1.95 bits per heavy atom. The molecule has 19 heavy (non-hydrogen) atoms. The summed E-state index contributed by atoms with van der Waals surface area (Å²) in [6.45, 7) is 7.41. The molecule has 2 rings (SSSR count). The van der Waals surface area contributed by atoms with Crippen LogP contribution in [0.15, 0.2) is 0 Å². The van der Waals surface area contributed by atoms with Crippen molar-refractivity contribution in [1.29, 1.82) is 0 Å². The van der Waals surface area contributed by atoms with Crippen LogP contribution >= 0.6 is 0 Å². The number of nitrogens with one attached hydrogen (secondary N) is 2. The third kappa shape index (κ3) is 4.66. The zero-order valence-corrected chi connectivity index (χ0v) is 12.0. The number of hydrogen-bond acceptors (Lipinski definition) is 4. The number of amides is 1. The van der Waals surface area contributed by atoms with Crippen LogP contribution < -0.4 is 10.6 Å². The van der Waals surface area contributed by atoms with E-state index in [1.54, 1.807) is 0 Å². The van der Waals surface area contributed by atoms with Crippen molar-refractivity contribution in [3.05, 3.63) is 0 Å². The third-order valence-electron chi connectivity index (χ3n) is 4.17. The molecule has 2 fully saturated rings. The second-order valence-electron chi connectivity index (χ2n) is 5.56. The summed E-state index contributed by atoms with van der Waals surface area (Å²) in [5.74, 6) is 0.823. The van der Waals surface area contributed by atoms with Crippen molar-refractivity contribution in [1.82, 2.24) is 15.5 Å². The predicted molar refractivity (Wildman–Crippen MR) is 75.2 cm³/mol. The van der Waals surface area contributed by atoms with Gasteiger partial charge in [0.2, 0.25) is 0 Å². The van der Waals surface area contributed by atoms with E-state index in [0.717, 1.165) is 51.5 Å². The fourth-order valence-electron chi connectivity index (χ4n) is 2.90. The molecule has 0 spiro atoms. The largest absolute Gasteiger partial charge is 0.450 e. The minimum atomic E-state index is -0.153. The topological polar surface area (TPSA) is 53.6 Å². The minimum absolute atomic E-state index is 0.153. The van der Waals surface area contributed by atoms with Gasteiger partial charge in [0.05, 0.1) is 6.61 Å². The fourth-order valence-corrected chi connectivity index (χ4v) is 2.90. The molecular weight excluding hydrogens is 242 g/mol. The number of nitrogens with zero attached hydrogens (tertiary/aromatic N) is 1. The Balaban J connectivity index is 1.61. The lowest BCUT2D eigenvalue weighted by Gasteiger charge is -2.33. The Morgan fingerprint density at radius 3 is 2.58 bits per heavy atom. The summed E-state index contributed by atoms with van der Waals surface area (Å²) in [6, 6.07) is 0.570. The van der Waals surface area contributed by atoms with Gasteiger partial charge in [-0.2, -0.15) is 0 Å². The van der Waals surface area contributed by atoms with Gasteiger partial charge in [0.1, 0.15) is 0 Å². The highest BCUT2D eigenvalue weighted by molar-refractivity contribution is 5.67. The lowest BCUT2D eigenvalue weighted by molar-refractivity contribution is 0.0946. The van der Waals surface area contributed by atoms with Crippen LogP contribution in [0.4, 0.5) is 4.79 Å². The molecule has 5 nitrogen and oxygen atoms in total. The highest BCUT2D eigenvalue weighted by atomic mass is 16.6. The zero-order valence-electron chi connectivity index (χ0n) is 12.0. The van der Waals surface area contributed by atoms with Gasteiger partial charge in [-0.1, -0.05) is 0 Å². The van der Waals surface area contributed by atoms with Crippen molar-refractivity contribution in [3.63, 3.8) is 0 Å². The monoisotopic (exact) mass is 269 g/mol. The van der Waals surface area contributed by atoms with Gasteiger partial charge in [-0.3, -0.25) is 0 Å². The molecular formula is C14H27N3O2. The van der Waals surface area contributed by atoms with Crippen molar-refractivity contribution in [2.45, 2.75) is 38.6 Å². The molecule has 1 amide bonds. The number of hydrogen-bond donors (Lipinski definition) is 2. The average Bonchev–Trinajstić information content (AvgIpc) is 2.47. The first-order chi connectivity index (χ1) is 9.29. The molecule has 5 heteroatoms. The maximum atomic E-state index is 11.6. The standard InChI is InChI=1S/C14H27N3O2/c1-2-19-14(18)17-9-5-13(6-10-17)16-11-12-3-7-15-8-4-12/h12-13,15-16H,2-11H2,1H3. The Bertz CT molecular complexity index is 272. The van der Waals surface area contributed by atoms with Crippen LogP contribution in [0.3, 0.4) is 0 Å². The van der Waals surface area contributed by atoms with E-state index in [2.05, 4.69) is 10.6 Å². The van der Waals surface area contributed by atoms with Crippen LogP contribution in [0.1, 0.15) is 32.6 Å². The molecule has 2 saturated heterocycles. The summed E-state index contributed by atoms with van der Waals surface area (Å²) in [4.78, 5) is 13.4. The normalized spacial score (nSPS) is 22.5. The fraction of sp³-hybridized carbons (Fsp3) is 0.929. The molecule has 2 aliphatic heterocycles. The highest BCUT2D eigenvalue weighted by Gasteiger charge is 2.24. The van der Waals surface area contributed by atoms with Gasteiger partial charge in [-0.05, 0) is 58.2 Å². The van der Waals surface area contributed by atoms with Crippen LogP contribution in [0.2, 0.25) is 0 Å². The van der Waals surface area contributed by atoms with Crippen molar-refractivity contribution >= 4 is 6.09 Å². The van der Waals surface area contributed by atoms with Gasteiger partial charge in [0, 0.05) is 19.1 Å². The summed E-state index contributed by atoms with van der Waals surface area (Å²) < 4.78 is 5.03. The van der Waals surface area contributed by atoms with Gasteiger partial charge in [0.25, 0.3) is 0 Å². The first-order valence-electron chi connectivity index (χ1n) is 7.65. The summed E-state index contributed by atoms with van der Waals surface area (Å²) in [5.41, 5.74) is 0. The highest BCUT2D eigenvalue weighted by Crippen LogP contribution is 2.14. The number of piperidine rings is 2. The van der Waals surface area contributed by atoms with E-state index in [0.29, 0.717) is 12.6 Å². The Hall–Kier alpha value is -0.810. The molecule has 0 saturated carbocycles. The quantitative estimate of drug-likeness (QED) is 0.805. The summed E-state index contributed by atoms with van der Waals surface area (Å²) in [7, 11) is 0. The average molecular weight is 269 g/mol. The van der Waals surface area contributed by atoms with Crippen molar-refractivity contribution < 1.29 is 9.53 Å². The van der Waals surface area contributed by atoms with E-state index >= 15 is 0 Å². The Labute approximate surface area is 116 Å². The number of carbonyl (C=O) groups excluding carboxylic acids is 1. The zero-order chi connectivity index (χ0) is 13.5. The maximum Gasteiger partial charge on any atom is 0.409 e. The van der Waals surface area contributed by atoms with Crippen molar-refractivity contribution in [3.8, 4) is 0 Å². The number of carbonyl (C=O) groups is 1. The Morgan fingerprint density at radius 1 is 1.26 bits per heavy atom. The van der Waals surface area contributed by atoms with E-state index in [1.807, 2.05) is 11.8 Å². The summed E-state index contributed by atoms with van der Waals surface area (Å²) in [6.07, 6.45) is 4.51. The van der Waals surface area contributed by atoms with Gasteiger partial charge >= 0.3 is 6.09 Å². The number of likely N-dealkylation sites (tertiary alicyclic amines) is 1. The molecule has 0 radical (unpaired) electrons. The SMILES string of the molecule is CCOC(=O)N1CCC(NCC2CCNCC2)CC1. The molecule has 0 aliphatic carbocycles. The van der Waals surface area contributed by atoms with Crippen LogP contribution in [-0.2, 0) is 4.74 Å². The second kappa shape index (κ2) is 7.70. The van der Waals surface area contributed by atoms with E-state index in [4.69, 9.17) is 4.74 Å². The van der Waals surface area contributed by atoms with Crippen molar-refractivity contribution in [2.75, 3.05) is 39.3 Å². The van der Waals surface area contributed by atoms with Gasteiger partial charge in [0.15, 0.2) is 0 Å². The second-order valence-corrected chi connectivity index (χ2v) is 5.56. The molecule has 110 valence electrons. The molecule has 0 aromatic heterocycles. The molecule has 2 heterocycles. The minimum Gasteiger partial charge on any atom is -0.450 e. The van der Waals surface area contributed by atoms with E-state index in [1.165, 1.54) is 12.8 Å². The molecule has 2 aliphatic rings. The molecule has 0 aromatic carbocycles. The van der Waals surface area contributed by atoms with E-state index in [9.17, 15) is 4.79 Å². The van der Waals surface area contributed by atoms with E-state index in [-0.39, 0.29) is 6.09 Å². The number of rotatable bonds is 4. The molecule has 0 unspecified atom stereocenters. The van der Waals surface area contributed by atoms with Crippen LogP contribution in [0.25, 0.3) is 0 Å². The van der Waals surface area contributed by atoms with E-state index < -0.39 is 0 Å². The van der Waals surface area contributed by atoms with Gasteiger partial charge in [-0.15, -0.1) is 0 Å². The van der Waals surface area contributed by atoms with Crippen LogP contribution in [-0.4, -0.2) is 56.4 Å². The molecule has 2 N–H and O–H groups in total. The molecule has 0 bridgehead atoms. The van der Waals surface area contributed by atoms with Gasteiger partial charge in [-0.25, -0.2) is 4.79 Å². The third-order valence-corrected chi connectivity index (χ3v) is 4.17. The molecule has 0 atom stereocenters. The summed E-state index contributed by atoms with van der Waals surface area (Å²) in [5, 5.41) is 7.07. The Kier molecular flexibility index (Phi) is 5.92. The van der Waals surface area contributed by atoms with Crippen LogP contribution in [0.5, 0.6) is 0 Å². The van der Waals surface area contributed by atoms with Crippen LogP contribution in [0, 0.1) is 5.92 Å². The lowest BCUT2D eigenvalue weighted by atomic mass is 9.97. The molecule has 0 aromatic rings. The maximum absolute atomic E-state index is 11.6.